The van der Waals surface area contributed by atoms with Gasteiger partial charge in [-0.2, -0.15) is 5.26 Å². The number of hydrogen-bond donors (Lipinski definition) is 1. The van der Waals surface area contributed by atoms with E-state index in [0.29, 0.717) is 17.4 Å². The van der Waals surface area contributed by atoms with E-state index < -0.39 is 0 Å². The van der Waals surface area contributed by atoms with E-state index in [-0.39, 0.29) is 0 Å². The van der Waals surface area contributed by atoms with Crippen molar-refractivity contribution in [2.45, 2.75) is 18.9 Å². The monoisotopic (exact) mass is 203 g/mol. The van der Waals surface area contributed by atoms with Gasteiger partial charge in [0.2, 0.25) is 0 Å². The maximum absolute atomic E-state index is 8.89. The standard InChI is InChI=1S/C11H13N3O/c12-8-9-2-1-5-13-11(9)14-10-3-6-15-7-4-10/h1-2,5,10H,3-4,6-7H2,(H,13,14). The third kappa shape index (κ3) is 2.45. The Labute approximate surface area is 88.9 Å². The van der Waals surface area contributed by atoms with Gasteiger partial charge in [-0.15, -0.1) is 0 Å². The summed E-state index contributed by atoms with van der Waals surface area (Å²) in [5.74, 6) is 0.687. The third-order valence-electron chi connectivity index (χ3n) is 2.49. The van der Waals surface area contributed by atoms with Crippen molar-refractivity contribution in [3.05, 3.63) is 23.9 Å². The number of ether oxygens (including phenoxy) is 1. The Morgan fingerprint density at radius 3 is 3.00 bits per heavy atom. The molecule has 1 aromatic rings. The van der Waals surface area contributed by atoms with Crippen LogP contribution in [0.15, 0.2) is 18.3 Å². The Bertz CT molecular complexity index is 366. The lowest BCUT2D eigenvalue weighted by Crippen LogP contribution is -2.28. The summed E-state index contributed by atoms with van der Waals surface area (Å²) in [6, 6.07) is 6.05. The molecule has 0 spiro atoms. The van der Waals surface area contributed by atoms with Gasteiger partial charge in [0.05, 0.1) is 5.56 Å². The van der Waals surface area contributed by atoms with Gasteiger partial charge in [0, 0.05) is 25.5 Å². The van der Waals surface area contributed by atoms with E-state index in [2.05, 4.69) is 16.4 Å². The number of rotatable bonds is 2. The summed E-state index contributed by atoms with van der Waals surface area (Å²) in [5.41, 5.74) is 0.601. The van der Waals surface area contributed by atoms with Gasteiger partial charge in [-0.3, -0.25) is 0 Å². The van der Waals surface area contributed by atoms with E-state index in [0.717, 1.165) is 26.1 Å². The van der Waals surface area contributed by atoms with Crippen molar-refractivity contribution in [1.82, 2.24) is 4.98 Å². The molecule has 0 bridgehead atoms. The number of hydrogen-bond acceptors (Lipinski definition) is 4. The molecule has 15 heavy (non-hydrogen) atoms. The molecule has 78 valence electrons. The zero-order valence-electron chi connectivity index (χ0n) is 8.44. The van der Waals surface area contributed by atoms with Gasteiger partial charge in [-0.25, -0.2) is 4.98 Å². The van der Waals surface area contributed by atoms with Gasteiger partial charge >= 0.3 is 0 Å². The van der Waals surface area contributed by atoms with Gasteiger partial charge in [0.15, 0.2) is 0 Å². The number of anilines is 1. The Morgan fingerprint density at radius 2 is 2.27 bits per heavy atom. The minimum Gasteiger partial charge on any atom is -0.381 e. The first-order chi connectivity index (χ1) is 7.40. The van der Waals surface area contributed by atoms with E-state index in [1.54, 1.807) is 18.3 Å². The molecule has 2 heterocycles. The Kier molecular flexibility index (Phi) is 3.15. The second-order valence-electron chi connectivity index (χ2n) is 3.54. The van der Waals surface area contributed by atoms with Crippen molar-refractivity contribution in [2.24, 2.45) is 0 Å². The first-order valence-corrected chi connectivity index (χ1v) is 5.09. The SMILES string of the molecule is N#Cc1cccnc1NC1CCOCC1. The molecule has 0 radical (unpaired) electrons. The van der Waals surface area contributed by atoms with Crippen molar-refractivity contribution in [3.8, 4) is 6.07 Å². The fourth-order valence-electron chi connectivity index (χ4n) is 1.65. The van der Waals surface area contributed by atoms with Crippen LogP contribution in [0.2, 0.25) is 0 Å². The molecule has 4 heteroatoms. The number of pyridine rings is 1. The average Bonchev–Trinajstić information content (AvgIpc) is 2.31. The topological polar surface area (TPSA) is 57.9 Å². The predicted molar refractivity (Wildman–Crippen MR) is 56.4 cm³/mol. The van der Waals surface area contributed by atoms with E-state index in [9.17, 15) is 0 Å². The summed E-state index contributed by atoms with van der Waals surface area (Å²) in [6.07, 6.45) is 3.64. The molecule has 0 atom stereocenters. The minimum absolute atomic E-state index is 0.376. The van der Waals surface area contributed by atoms with Crippen LogP contribution in [0.1, 0.15) is 18.4 Å². The normalized spacial score (nSPS) is 17.0. The maximum Gasteiger partial charge on any atom is 0.144 e. The lowest BCUT2D eigenvalue weighted by molar-refractivity contribution is 0.0904. The van der Waals surface area contributed by atoms with Gasteiger partial charge in [-0.1, -0.05) is 0 Å². The number of nitrogens with zero attached hydrogens (tertiary/aromatic N) is 2. The lowest BCUT2D eigenvalue weighted by atomic mass is 10.1. The highest BCUT2D eigenvalue weighted by molar-refractivity contribution is 5.51. The van der Waals surface area contributed by atoms with Crippen LogP contribution in [0.25, 0.3) is 0 Å². The molecule has 0 aromatic carbocycles. The van der Waals surface area contributed by atoms with Crippen molar-refractivity contribution in [1.29, 1.82) is 5.26 Å². The maximum atomic E-state index is 8.89. The molecular weight excluding hydrogens is 190 g/mol. The summed E-state index contributed by atoms with van der Waals surface area (Å²) >= 11 is 0. The quantitative estimate of drug-likeness (QED) is 0.792. The van der Waals surface area contributed by atoms with Gasteiger partial charge in [0.1, 0.15) is 11.9 Å². The number of aromatic nitrogens is 1. The second kappa shape index (κ2) is 4.76. The second-order valence-corrected chi connectivity index (χ2v) is 3.54. The highest BCUT2D eigenvalue weighted by Gasteiger charge is 2.15. The van der Waals surface area contributed by atoms with Gasteiger partial charge < -0.3 is 10.1 Å². The lowest BCUT2D eigenvalue weighted by Gasteiger charge is -2.23. The van der Waals surface area contributed by atoms with Crippen LogP contribution < -0.4 is 5.32 Å². The number of nitriles is 1. The van der Waals surface area contributed by atoms with Crippen LogP contribution in [0.5, 0.6) is 0 Å². The van der Waals surface area contributed by atoms with Crippen molar-refractivity contribution < 1.29 is 4.74 Å². The Balaban J connectivity index is 2.06. The van der Waals surface area contributed by atoms with Crippen LogP contribution in [0.3, 0.4) is 0 Å². The molecule has 0 saturated carbocycles. The fourth-order valence-corrected chi connectivity index (χ4v) is 1.65. The highest BCUT2D eigenvalue weighted by atomic mass is 16.5. The smallest absolute Gasteiger partial charge is 0.144 e. The predicted octanol–water partition coefficient (Wildman–Crippen LogP) is 1.54. The van der Waals surface area contributed by atoms with Crippen LogP contribution in [0.4, 0.5) is 5.82 Å². The molecule has 1 fully saturated rings. The fraction of sp³-hybridized carbons (Fsp3) is 0.455. The Morgan fingerprint density at radius 1 is 1.47 bits per heavy atom. The van der Waals surface area contributed by atoms with Crippen molar-refractivity contribution in [2.75, 3.05) is 18.5 Å². The van der Waals surface area contributed by atoms with Crippen LogP contribution in [-0.2, 0) is 4.74 Å². The van der Waals surface area contributed by atoms with Crippen LogP contribution in [0, 0.1) is 11.3 Å². The molecule has 0 amide bonds. The van der Waals surface area contributed by atoms with E-state index in [4.69, 9.17) is 10.00 Å². The summed E-state index contributed by atoms with van der Waals surface area (Å²) in [7, 11) is 0. The van der Waals surface area contributed by atoms with E-state index >= 15 is 0 Å². The first kappa shape index (κ1) is 9.94. The van der Waals surface area contributed by atoms with E-state index in [1.165, 1.54) is 0 Å². The van der Waals surface area contributed by atoms with Gasteiger partial charge in [0.25, 0.3) is 0 Å². The third-order valence-corrected chi connectivity index (χ3v) is 2.49. The minimum atomic E-state index is 0.376. The molecule has 2 rings (SSSR count). The van der Waals surface area contributed by atoms with Crippen molar-refractivity contribution >= 4 is 5.82 Å². The first-order valence-electron chi connectivity index (χ1n) is 5.09. The molecule has 1 N–H and O–H groups in total. The van der Waals surface area contributed by atoms with E-state index in [1.807, 2.05) is 0 Å². The molecule has 1 saturated heterocycles. The largest absolute Gasteiger partial charge is 0.381 e. The highest BCUT2D eigenvalue weighted by Crippen LogP contribution is 2.15. The van der Waals surface area contributed by atoms with Crippen LogP contribution >= 0.6 is 0 Å². The molecular formula is C11H13N3O. The zero-order valence-corrected chi connectivity index (χ0v) is 8.44. The summed E-state index contributed by atoms with van der Waals surface area (Å²) in [4.78, 5) is 4.17. The average molecular weight is 203 g/mol. The molecule has 1 aromatic heterocycles. The number of nitrogens with one attached hydrogen (secondary N) is 1. The van der Waals surface area contributed by atoms with Crippen molar-refractivity contribution in [3.63, 3.8) is 0 Å². The molecule has 0 unspecified atom stereocenters. The Hall–Kier alpha value is -1.60. The molecule has 4 nitrogen and oxygen atoms in total. The summed E-state index contributed by atoms with van der Waals surface area (Å²) < 4.78 is 5.27. The van der Waals surface area contributed by atoms with Crippen LogP contribution in [-0.4, -0.2) is 24.2 Å². The summed E-state index contributed by atoms with van der Waals surface area (Å²) in [6.45, 7) is 1.57. The molecule has 0 aliphatic carbocycles. The van der Waals surface area contributed by atoms with Gasteiger partial charge in [-0.05, 0) is 25.0 Å². The zero-order chi connectivity index (χ0) is 10.5. The molecule has 1 aliphatic heterocycles. The summed E-state index contributed by atoms with van der Waals surface area (Å²) in [5, 5.41) is 12.2. The molecule has 1 aliphatic rings.